The Hall–Kier alpha value is -2.00. The topological polar surface area (TPSA) is 35.1 Å². The van der Waals surface area contributed by atoms with Crippen molar-refractivity contribution >= 4 is 0 Å². The van der Waals surface area contributed by atoms with Crippen LogP contribution in [0.25, 0.3) is 0 Å². The number of hydrogen-bond donors (Lipinski definition) is 1. The van der Waals surface area contributed by atoms with E-state index in [1.54, 1.807) is 0 Å². The summed E-state index contributed by atoms with van der Waals surface area (Å²) < 4.78 is 11.9. The first-order chi connectivity index (χ1) is 11.9. The van der Waals surface area contributed by atoms with E-state index >= 15 is 0 Å². The molecule has 1 fully saturated rings. The van der Waals surface area contributed by atoms with Crippen molar-refractivity contribution < 1.29 is 14.8 Å². The highest BCUT2D eigenvalue weighted by Gasteiger charge is 2.37. The molecule has 1 heterocycles. The fourth-order valence-electron chi connectivity index (χ4n) is 4.18. The van der Waals surface area contributed by atoms with Crippen LogP contribution in [0.4, 0.5) is 0 Å². The van der Waals surface area contributed by atoms with Gasteiger partial charge < -0.3 is 14.8 Å². The molecule has 3 heteroatoms. The van der Waals surface area contributed by atoms with Crippen LogP contribution in [0.5, 0.6) is 11.5 Å². The molecule has 1 aliphatic heterocycles. The van der Waals surface area contributed by atoms with Gasteiger partial charge in [-0.15, -0.1) is 0 Å². The molecule has 24 heavy (non-hydrogen) atoms. The maximum absolute atomic E-state index is 6.08. The Labute approximate surface area is 144 Å². The molecular weight excluding hydrogens is 298 g/mol. The number of fused-ring (bicyclic) bond motifs is 1. The molecule has 0 bridgehead atoms. The van der Waals surface area contributed by atoms with Gasteiger partial charge in [0.25, 0.3) is 0 Å². The van der Waals surface area contributed by atoms with E-state index in [-0.39, 0.29) is 6.10 Å². The van der Waals surface area contributed by atoms with E-state index in [1.807, 2.05) is 24.3 Å². The van der Waals surface area contributed by atoms with E-state index in [1.165, 1.54) is 31.2 Å². The first-order valence-electron chi connectivity index (χ1n) is 9.11. The second-order valence-electron chi connectivity index (χ2n) is 7.08. The SMILES string of the molecule is c1ccc(C2(C[NH2+]C[C@H]3COc4ccccc4O3)CCCC2)cc1. The molecule has 0 radical (unpaired) electrons. The summed E-state index contributed by atoms with van der Waals surface area (Å²) in [5.74, 6) is 1.74. The fourth-order valence-corrected chi connectivity index (χ4v) is 4.18. The number of para-hydroxylation sites is 2. The molecule has 3 nitrogen and oxygen atoms in total. The third kappa shape index (κ3) is 3.13. The van der Waals surface area contributed by atoms with E-state index in [4.69, 9.17) is 9.47 Å². The Balaban J connectivity index is 1.36. The smallest absolute Gasteiger partial charge is 0.181 e. The van der Waals surface area contributed by atoms with Crippen molar-refractivity contribution in [1.82, 2.24) is 0 Å². The molecule has 1 atom stereocenters. The van der Waals surface area contributed by atoms with Crippen molar-refractivity contribution in [2.75, 3.05) is 19.7 Å². The molecule has 0 saturated heterocycles. The van der Waals surface area contributed by atoms with Gasteiger partial charge in [-0.3, -0.25) is 0 Å². The number of quaternary nitrogens is 1. The largest absolute Gasteiger partial charge is 0.486 e. The van der Waals surface area contributed by atoms with Crippen LogP contribution < -0.4 is 14.8 Å². The lowest BCUT2D eigenvalue weighted by atomic mass is 9.79. The molecule has 0 spiro atoms. The average molecular weight is 324 g/mol. The second-order valence-corrected chi connectivity index (χ2v) is 7.08. The van der Waals surface area contributed by atoms with Gasteiger partial charge in [0.05, 0.1) is 6.54 Å². The number of nitrogens with two attached hydrogens (primary N) is 1. The zero-order valence-corrected chi connectivity index (χ0v) is 14.1. The van der Waals surface area contributed by atoms with Gasteiger partial charge >= 0.3 is 0 Å². The van der Waals surface area contributed by atoms with Crippen LogP contribution in [-0.2, 0) is 5.41 Å². The normalized spacial score (nSPS) is 21.6. The fraction of sp³-hybridized carbons (Fsp3) is 0.429. The maximum atomic E-state index is 6.08. The summed E-state index contributed by atoms with van der Waals surface area (Å²) >= 11 is 0. The summed E-state index contributed by atoms with van der Waals surface area (Å²) in [5.41, 5.74) is 1.85. The standard InChI is InChI=1S/C21H25NO2/c1-2-8-17(9-3-1)21(12-6-7-13-21)16-22-14-18-15-23-19-10-4-5-11-20(19)24-18/h1-5,8-11,18,22H,6-7,12-16H2/p+1/t18-/m0/s1. The lowest BCUT2D eigenvalue weighted by Crippen LogP contribution is -2.90. The van der Waals surface area contributed by atoms with Crippen LogP contribution in [0.15, 0.2) is 54.6 Å². The minimum Gasteiger partial charge on any atom is -0.486 e. The van der Waals surface area contributed by atoms with Crippen LogP contribution in [0.2, 0.25) is 0 Å². The number of rotatable bonds is 5. The number of ether oxygens (including phenoxy) is 2. The highest BCUT2D eigenvalue weighted by molar-refractivity contribution is 5.40. The molecule has 0 aromatic heterocycles. The Morgan fingerprint density at radius 3 is 2.42 bits per heavy atom. The van der Waals surface area contributed by atoms with E-state index in [9.17, 15) is 0 Å². The minimum atomic E-state index is 0.133. The van der Waals surface area contributed by atoms with Crippen molar-refractivity contribution in [3.05, 3.63) is 60.2 Å². The first-order valence-corrected chi connectivity index (χ1v) is 9.11. The summed E-state index contributed by atoms with van der Waals surface area (Å²) in [6.07, 6.45) is 5.43. The quantitative estimate of drug-likeness (QED) is 0.918. The van der Waals surface area contributed by atoms with Crippen molar-refractivity contribution in [3.63, 3.8) is 0 Å². The lowest BCUT2D eigenvalue weighted by molar-refractivity contribution is -0.667. The summed E-state index contributed by atoms with van der Waals surface area (Å²) in [7, 11) is 0. The minimum absolute atomic E-state index is 0.133. The molecule has 2 N–H and O–H groups in total. The molecule has 0 unspecified atom stereocenters. The van der Waals surface area contributed by atoms with Gasteiger partial charge in [-0.05, 0) is 30.5 Å². The van der Waals surface area contributed by atoms with Gasteiger partial charge in [-0.25, -0.2) is 0 Å². The molecule has 1 saturated carbocycles. The first kappa shape index (κ1) is 15.5. The van der Waals surface area contributed by atoms with E-state index in [2.05, 4.69) is 35.6 Å². The van der Waals surface area contributed by atoms with Crippen LogP contribution in [0.3, 0.4) is 0 Å². The van der Waals surface area contributed by atoms with Gasteiger partial charge in [0.2, 0.25) is 0 Å². The third-order valence-corrected chi connectivity index (χ3v) is 5.48. The summed E-state index contributed by atoms with van der Waals surface area (Å²) in [4.78, 5) is 0. The summed E-state index contributed by atoms with van der Waals surface area (Å²) in [6, 6.07) is 19.0. The van der Waals surface area contributed by atoms with Gasteiger partial charge in [0, 0.05) is 5.41 Å². The lowest BCUT2D eigenvalue weighted by Gasteiger charge is -2.30. The molecule has 1 aliphatic carbocycles. The Bertz CT molecular complexity index is 665. The Kier molecular flexibility index (Phi) is 4.44. The average Bonchev–Trinajstić information content (AvgIpc) is 3.12. The number of hydrogen-bond acceptors (Lipinski definition) is 2. The van der Waals surface area contributed by atoms with Crippen molar-refractivity contribution in [3.8, 4) is 11.5 Å². The zero-order valence-electron chi connectivity index (χ0n) is 14.1. The van der Waals surface area contributed by atoms with Gasteiger partial charge in [-0.1, -0.05) is 55.3 Å². The maximum Gasteiger partial charge on any atom is 0.181 e. The molecule has 126 valence electrons. The second kappa shape index (κ2) is 6.86. The van der Waals surface area contributed by atoms with Crippen LogP contribution in [0.1, 0.15) is 31.2 Å². The van der Waals surface area contributed by atoms with Crippen molar-refractivity contribution in [2.24, 2.45) is 0 Å². The van der Waals surface area contributed by atoms with Crippen LogP contribution >= 0.6 is 0 Å². The highest BCUT2D eigenvalue weighted by atomic mass is 16.6. The molecule has 0 amide bonds. The van der Waals surface area contributed by atoms with Crippen LogP contribution in [0, 0.1) is 0 Å². The number of benzene rings is 2. The van der Waals surface area contributed by atoms with Gasteiger partial charge in [-0.2, -0.15) is 0 Å². The predicted molar refractivity (Wildman–Crippen MR) is 94.6 cm³/mol. The monoisotopic (exact) mass is 324 g/mol. The van der Waals surface area contributed by atoms with Crippen molar-refractivity contribution in [1.29, 1.82) is 0 Å². The van der Waals surface area contributed by atoms with E-state index < -0.39 is 0 Å². The van der Waals surface area contributed by atoms with E-state index in [0.717, 1.165) is 24.6 Å². The van der Waals surface area contributed by atoms with E-state index in [0.29, 0.717) is 12.0 Å². The summed E-state index contributed by atoms with van der Waals surface area (Å²) in [6.45, 7) is 2.73. The van der Waals surface area contributed by atoms with Crippen LogP contribution in [-0.4, -0.2) is 25.8 Å². The predicted octanol–water partition coefficient (Wildman–Crippen LogP) is 2.90. The highest BCUT2D eigenvalue weighted by Crippen LogP contribution is 2.39. The summed E-state index contributed by atoms with van der Waals surface area (Å²) in [5, 5.41) is 2.43. The molecule has 2 aromatic carbocycles. The Morgan fingerprint density at radius 1 is 0.917 bits per heavy atom. The van der Waals surface area contributed by atoms with Gasteiger partial charge in [0.15, 0.2) is 17.6 Å². The third-order valence-electron chi connectivity index (χ3n) is 5.48. The molecule has 2 aromatic rings. The molecule has 2 aliphatic rings. The molecular formula is C21H26NO2+. The zero-order chi connectivity index (χ0) is 16.2. The van der Waals surface area contributed by atoms with Crippen molar-refractivity contribution in [2.45, 2.75) is 37.2 Å². The Morgan fingerprint density at radius 2 is 1.62 bits per heavy atom. The molecule has 4 rings (SSSR count). The van der Waals surface area contributed by atoms with Gasteiger partial charge in [0.1, 0.15) is 13.2 Å².